The van der Waals surface area contributed by atoms with Crippen LogP contribution >= 0.6 is 0 Å². The summed E-state index contributed by atoms with van der Waals surface area (Å²) in [6.45, 7) is 2.41. The molecule has 3 rings (SSSR count). The number of aromatic nitrogens is 2. The molecule has 7 nitrogen and oxygen atoms in total. The molecule has 138 valence electrons. The number of rotatable bonds is 6. The molecule has 1 atom stereocenters. The average Bonchev–Trinajstić information content (AvgIpc) is 2.68. The van der Waals surface area contributed by atoms with Crippen LogP contribution in [0.25, 0.3) is 0 Å². The molecular weight excluding hydrogens is 352 g/mol. The molecule has 0 saturated heterocycles. The highest BCUT2D eigenvalue weighted by molar-refractivity contribution is 7.89. The zero-order valence-corrected chi connectivity index (χ0v) is 15.4. The summed E-state index contributed by atoms with van der Waals surface area (Å²) >= 11 is 0. The molecule has 1 aromatic carbocycles. The van der Waals surface area contributed by atoms with Crippen LogP contribution in [0.2, 0.25) is 0 Å². The molecule has 1 heterocycles. The van der Waals surface area contributed by atoms with Crippen LogP contribution in [-0.4, -0.2) is 30.7 Å². The van der Waals surface area contributed by atoms with Crippen molar-refractivity contribution in [2.45, 2.75) is 43.4 Å². The first-order valence-corrected chi connectivity index (χ1v) is 10.1. The topological polar surface area (TPSA) is 93.5 Å². The van der Waals surface area contributed by atoms with Crippen molar-refractivity contribution >= 4 is 15.7 Å². The molecule has 1 aliphatic rings. The van der Waals surface area contributed by atoms with E-state index in [2.05, 4.69) is 19.9 Å². The number of benzene rings is 1. The Labute approximate surface area is 153 Å². The van der Waals surface area contributed by atoms with Crippen LogP contribution in [0.4, 0.5) is 0 Å². The maximum Gasteiger partial charge on any atom is 0.276 e. The molecule has 0 amide bonds. The van der Waals surface area contributed by atoms with Crippen LogP contribution in [0.5, 0.6) is 5.75 Å². The highest BCUT2D eigenvalue weighted by atomic mass is 32.2. The normalized spacial score (nSPS) is 19.3. The van der Waals surface area contributed by atoms with Gasteiger partial charge in [0.15, 0.2) is 0 Å². The highest BCUT2D eigenvalue weighted by Gasteiger charge is 2.24. The summed E-state index contributed by atoms with van der Waals surface area (Å²) in [5.74, 6) is 0.683. The van der Waals surface area contributed by atoms with E-state index in [4.69, 9.17) is 4.74 Å². The maximum absolute atomic E-state index is 12.5. The molecule has 26 heavy (non-hydrogen) atoms. The lowest BCUT2D eigenvalue weighted by Gasteiger charge is -2.23. The van der Waals surface area contributed by atoms with E-state index in [-0.39, 0.29) is 10.8 Å². The minimum Gasteiger partial charge on any atom is -0.494 e. The molecule has 1 aliphatic carbocycles. The first kappa shape index (κ1) is 18.3. The van der Waals surface area contributed by atoms with Gasteiger partial charge in [-0.25, -0.2) is 14.8 Å². The number of nitrogens with one attached hydrogen (secondary N) is 1. The van der Waals surface area contributed by atoms with E-state index in [1.807, 2.05) is 6.92 Å². The summed E-state index contributed by atoms with van der Waals surface area (Å²) in [6.07, 6.45) is 8.75. The van der Waals surface area contributed by atoms with Gasteiger partial charge in [0.05, 0.1) is 11.5 Å². The molecule has 1 aromatic heterocycles. The van der Waals surface area contributed by atoms with E-state index in [1.54, 1.807) is 24.5 Å². The van der Waals surface area contributed by atoms with Crippen molar-refractivity contribution in [1.82, 2.24) is 14.8 Å². The highest BCUT2D eigenvalue weighted by Crippen LogP contribution is 2.30. The third-order valence-corrected chi connectivity index (χ3v) is 5.54. The van der Waals surface area contributed by atoms with Gasteiger partial charge in [-0.05, 0) is 56.0 Å². The minimum atomic E-state index is -3.72. The molecule has 8 heteroatoms. The zero-order valence-electron chi connectivity index (χ0n) is 14.6. The van der Waals surface area contributed by atoms with E-state index >= 15 is 0 Å². The summed E-state index contributed by atoms with van der Waals surface area (Å²) in [6, 6.07) is 6.29. The molecule has 0 aliphatic heterocycles. The Morgan fingerprint density at radius 3 is 2.62 bits per heavy atom. The second-order valence-electron chi connectivity index (χ2n) is 6.07. The van der Waals surface area contributed by atoms with E-state index in [0.717, 1.165) is 37.0 Å². The smallest absolute Gasteiger partial charge is 0.276 e. The molecular formula is C18H22N4O3S. The molecule has 0 bridgehead atoms. The first-order valence-electron chi connectivity index (χ1n) is 8.66. The molecule has 1 unspecified atom stereocenters. The Balaban J connectivity index is 1.77. The van der Waals surface area contributed by atoms with Crippen molar-refractivity contribution in [3.05, 3.63) is 48.5 Å². The second-order valence-corrected chi connectivity index (χ2v) is 7.73. The third kappa shape index (κ3) is 4.37. The Kier molecular flexibility index (Phi) is 5.82. The largest absolute Gasteiger partial charge is 0.494 e. The quantitative estimate of drug-likeness (QED) is 0.785. The van der Waals surface area contributed by atoms with Crippen molar-refractivity contribution in [2.24, 2.45) is 5.10 Å². The fraction of sp³-hybridized carbons (Fsp3) is 0.389. The summed E-state index contributed by atoms with van der Waals surface area (Å²) in [7, 11) is -3.72. The summed E-state index contributed by atoms with van der Waals surface area (Å²) < 4.78 is 30.3. The predicted molar refractivity (Wildman–Crippen MR) is 98.6 cm³/mol. The number of hydrazone groups is 1. The van der Waals surface area contributed by atoms with Gasteiger partial charge in [0.2, 0.25) is 0 Å². The van der Waals surface area contributed by atoms with Crippen molar-refractivity contribution in [3.63, 3.8) is 0 Å². The van der Waals surface area contributed by atoms with Crippen LogP contribution in [0, 0.1) is 0 Å². The van der Waals surface area contributed by atoms with E-state index in [1.165, 1.54) is 18.5 Å². The van der Waals surface area contributed by atoms with Gasteiger partial charge in [-0.1, -0.05) is 6.42 Å². The van der Waals surface area contributed by atoms with E-state index in [0.29, 0.717) is 12.4 Å². The third-order valence-electron chi connectivity index (χ3n) is 4.32. The standard InChI is InChI=1S/C18H22N4O3S/c1-2-25-15-7-9-16(10-8-15)26(23,24)22-21-18-6-4-3-5-17(18)14-11-19-13-20-12-14/h7-13,17,22H,2-6H2,1H3/b21-18+. The fourth-order valence-electron chi connectivity index (χ4n) is 3.03. The van der Waals surface area contributed by atoms with Crippen LogP contribution < -0.4 is 9.57 Å². The predicted octanol–water partition coefficient (Wildman–Crippen LogP) is 2.87. The van der Waals surface area contributed by atoms with Crippen LogP contribution in [0.3, 0.4) is 0 Å². The number of sulfonamides is 1. The summed E-state index contributed by atoms with van der Waals surface area (Å²) in [4.78, 5) is 10.6. The molecule has 0 spiro atoms. The van der Waals surface area contributed by atoms with E-state index in [9.17, 15) is 8.42 Å². The number of hydrogen-bond donors (Lipinski definition) is 1. The van der Waals surface area contributed by atoms with Crippen molar-refractivity contribution < 1.29 is 13.2 Å². The maximum atomic E-state index is 12.5. The zero-order chi connectivity index (χ0) is 18.4. The lowest BCUT2D eigenvalue weighted by molar-refractivity contribution is 0.340. The van der Waals surface area contributed by atoms with Gasteiger partial charge in [-0.2, -0.15) is 13.5 Å². The summed E-state index contributed by atoms with van der Waals surface area (Å²) in [5, 5.41) is 4.24. The van der Waals surface area contributed by atoms with Crippen LogP contribution in [0.15, 0.2) is 53.0 Å². The lowest BCUT2D eigenvalue weighted by atomic mass is 9.83. The van der Waals surface area contributed by atoms with E-state index < -0.39 is 10.0 Å². The van der Waals surface area contributed by atoms with Crippen molar-refractivity contribution in [1.29, 1.82) is 0 Å². The van der Waals surface area contributed by atoms with Crippen LogP contribution in [0.1, 0.15) is 44.1 Å². The first-order chi connectivity index (χ1) is 12.6. The minimum absolute atomic E-state index is 0.0491. The van der Waals surface area contributed by atoms with Crippen molar-refractivity contribution in [3.8, 4) is 5.75 Å². The molecule has 2 aromatic rings. The summed E-state index contributed by atoms with van der Waals surface area (Å²) in [5.41, 5.74) is 1.78. The second kappa shape index (κ2) is 8.27. The average molecular weight is 374 g/mol. The van der Waals surface area contributed by atoms with Gasteiger partial charge >= 0.3 is 0 Å². The van der Waals surface area contributed by atoms with Gasteiger partial charge in [0.1, 0.15) is 12.1 Å². The Bertz CT molecular complexity index is 852. The number of ether oxygens (including phenoxy) is 1. The molecule has 1 saturated carbocycles. The Hall–Kier alpha value is -2.48. The fourth-order valence-corrected chi connectivity index (χ4v) is 3.87. The Morgan fingerprint density at radius 2 is 1.92 bits per heavy atom. The monoisotopic (exact) mass is 374 g/mol. The van der Waals surface area contributed by atoms with Crippen molar-refractivity contribution in [2.75, 3.05) is 6.61 Å². The van der Waals surface area contributed by atoms with Gasteiger partial charge < -0.3 is 4.74 Å². The Morgan fingerprint density at radius 1 is 1.19 bits per heavy atom. The van der Waals surface area contributed by atoms with Gasteiger partial charge in [-0.3, -0.25) is 0 Å². The lowest BCUT2D eigenvalue weighted by Crippen LogP contribution is -2.25. The number of nitrogens with zero attached hydrogens (tertiary/aromatic N) is 3. The van der Waals surface area contributed by atoms with Gasteiger partial charge in [-0.15, -0.1) is 0 Å². The van der Waals surface area contributed by atoms with Gasteiger partial charge in [0.25, 0.3) is 10.0 Å². The molecule has 1 N–H and O–H groups in total. The molecule has 1 fully saturated rings. The number of hydrogen-bond acceptors (Lipinski definition) is 6. The van der Waals surface area contributed by atoms with Crippen LogP contribution in [-0.2, 0) is 10.0 Å². The molecule has 0 radical (unpaired) electrons. The SMILES string of the molecule is CCOc1ccc(S(=O)(=O)N/N=C2\CCCCC2c2cncnc2)cc1. The van der Waals surface area contributed by atoms with Gasteiger partial charge in [0, 0.05) is 24.0 Å².